The van der Waals surface area contributed by atoms with E-state index in [1.807, 2.05) is 89.4 Å². The molecule has 0 bridgehead atoms. The topological polar surface area (TPSA) is 51.8 Å². The number of hydrogen-bond acceptors (Lipinski definition) is 6. The third-order valence-electron chi connectivity index (χ3n) is 11.0. The van der Waals surface area contributed by atoms with Gasteiger partial charge in [-0.1, -0.05) is 158 Å². The van der Waals surface area contributed by atoms with Crippen molar-refractivity contribution < 1.29 is 4.42 Å². The highest BCUT2D eigenvalue weighted by Gasteiger charge is 2.21. The van der Waals surface area contributed by atoms with E-state index in [1.54, 1.807) is 0 Å². The zero-order valence-electron chi connectivity index (χ0n) is 30.3. The maximum atomic E-state index is 6.57. The molecule has 4 nitrogen and oxygen atoms in total. The standard InChI is InChI=1S/C51H29N3OS2/c1-3-13-30(14-4-1)49-52-50(31-15-5-2-6-16-31)54-51(53-49)32-25-26-34-38-21-12-22-39(47(38)57-44(34)29-32)40-28-27-35(45-41-18-8-10-24-43(41)56-48(40)45)37-20-11-19-36-33-17-7-9-23-42(33)55-46(36)37/h1-29H. The number of benzene rings is 8. The van der Waals surface area contributed by atoms with E-state index in [4.69, 9.17) is 19.4 Å². The molecular weight excluding hydrogens is 735 g/mol. The molecule has 4 aromatic heterocycles. The van der Waals surface area contributed by atoms with Gasteiger partial charge in [-0.25, -0.2) is 15.0 Å². The van der Waals surface area contributed by atoms with Crippen LogP contribution in [0, 0.1) is 0 Å². The van der Waals surface area contributed by atoms with Crippen LogP contribution in [0.1, 0.15) is 0 Å². The largest absolute Gasteiger partial charge is 0.455 e. The molecular formula is C51H29N3OS2. The minimum atomic E-state index is 0.657. The van der Waals surface area contributed by atoms with Crippen LogP contribution in [0.3, 0.4) is 0 Å². The van der Waals surface area contributed by atoms with Gasteiger partial charge in [-0.15, -0.1) is 22.7 Å². The van der Waals surface area contributed by atoms with Crippen molar-refractivity contribution in [2.75, 3.05) is 0 Å². The van der Waals surface area contributed by atoms with Crippen molar-refractivity contribution in [3.8, 4) is 56.4 Å². The monoisotopic (exact) mass is 763 g/mol. The smallest absolute Gasteiger partial charge is 0.164 e. The fraction of sp³-hybridized carbons (Fsp3) is 0. The molecule has 0 saturated heterocycles. The minimum Gasteiger partial charge on any atom is -0.455 e. The first kappa shape index (κ1) is 32.3. The third-order valence-corrected chi connectivity index (χ3v) is 13.4. The van der Waals surface area contributed by atoms with Crippen LogP contribution in [0.4, 0.5) is 0 Å². The molecule has 0 atom stereocenters. The van der Waals surface area contributed by atoms with E-state index in [9.17, 15) is 0 Å². The average molecular weight is 764 g/mol. The molecule has 12 aromatic rings. The van der Waals surface area contributed by atoms with Gasteiger partial charge < -0.3 is 4.42 Å². The first-order chi connectivity index (χ1) is 28.2. The molecule has 6 heteroatoms. The van der Waals surface area contributed by atoms with Gasteiger partial charge in [0, 0.05) is 84.5 Å². The molecule has 0 fully saturated rings. The maximum absolute atomic E-state index is 6.57. The molecule has 0 unspecified atom stereocenters. The summed E-state index contributed by atoms with van der Waals surface area (Å²) < 4.78 is 11.6. The van der Waals surface area contributed by atoms with Gasteiger partial charge >= 0.3 is 0 Å². The Labute approximate surface area is 335 Å². The molecule has 12 rings (SSSR count). The number of aromatic nitrogens is 3. The predicted molar refractivity (Wildman–Crippen MR) is 240 cm³/mol. The van der Waals surface area contributed by atoms with Crippen LogP contribution in [0.2, 0.25) is 0 Å². The summed E-state index contributed by atoms with van der Waals surface area (Å²) in [6.07, 6.45) is 0. The van der Waals surface area contributed by atoms with Gasteiger partial charge in [0.05, 0.1) is 0 Å². The first-order valence-corrected chi connectivity index (χ1v) is 20.6. The molecule has 0 N–H and O–H groups in total. The van der Waals surface area contributed by atoms with Crippen LogP contribution in [0.25, 0.3) is 119 Å². The van der Waals surface area contributed by atoms with E-state index in [2.05, 4.69) is 109 Å². The molecule has 0 radical (unpaired) electrons. The summed E-state index contributed by atoms with van der Waals surface area (Å²) in [6, 6.07) is 61.9. The average Bonchev–Trinajstić information content (AvgIpc) is 3.98. The highest BCUT2D eigenvalue weighted by Crippen LogP contribution is 2.49. The Hall–Kier alpha value is -6.99. The normalized spacial score (nSPS) is 11.9. The van der Waals surface area contributed by atoms with Crippen molar-refractivity contribution in [3.05, 3.63) is 176 Å². The van der Waals surface area contributed by atoms with Gasteiger partial charge in [-0.05, 0) is 23.8 Å². The van der Waals surface area contributed by atoms with E-state index in [-0.39, 0.29) is 0 Å². The second-order valence-electron chi connectivity index (χ2n) is 14.3. The summed E-state index contributed by atoms with van der Waals surface area (Å²) in [4.78, 5) is 15.0. The van der Waals surface area contributed by atoms with E-state index < -0.39 is 0 Å². The first-order valence-electron chi connectivity index (χ1n) is 18.9. The van der Waals surface area contributed by atoms with Crippen LogP contribution in [-0.2, 0) is 0 Å². The van der Waals surface area contributed by atoms with Gasteiger partial charge in [-0.3, -0.25) is 0 Å². The van der Waals surface area contributed by atoms with Crippen molar-refractivity contribution in [2.45, 2.75) is 0 Å². The highest BCUT2D eigenvalue weighted by molar-refractivity contribution is 7.27. The van der Waals surface area contributed by atoms with Crippen molar-refractivity contribution in [1.82, 2.24) is 15.0 Å². The quantitative estimate of drug-likeness (QED) is 0.175. The van der Waals surface area contributed by atoms with E-state index >= 15 is 0 Å². The molecule has 0 aliphatic heterocycles. The summed E-state index contributed by atoms with van der Waals surface area (Å²) in [7, 11) is 0. The third kappa shape index (κ3) is 5.15. The Morgan fingerprint density at radius 2 is 0.930 bits per heavy atom. The lowest BCUT2D eigenvalue weighted by Gasteiger charge is -2.11. The zero-order valence-corrected chi connectivity index (χ0v) is 31.9. The van der Waals surface area contributed by atoms with Crippen LogP contribution < -0.4 is 0 Å². The summed E-state index contributed by atoms with van der Waals surface area (Å²) >= 11 is 3.70. The van der Waals surface area contributed by atoms with Crippen molar-refractivity contribution in [1.29, 1.82) is 0 Å². The van der Waals surface area contributed by atoms with Gasteiger partial charge in [0.2, 0.25) is 0 Å². The molecule has 0 saturated carbocycles. The fourth-order valence-corrected chi connectivity index (χ4v) is 10.8. The summed E-state index contributed by atoms with van der Waals surface area (Å²) in [5.74, 6) is 1.97. The lowest BCUT2D eigenvalue weighted by Crippen LogP contribution is -1.99. The Bertz CT molecular complexity index is 3470. The number of para-hydroxylation sites is 2. The molecule has 8 aromatic carbocycles. The van der Waals surface area contributed by atoms with Crippen LogP contribution in [0.15, 0.2) is 180 Å². The van der Waals surface area contributed by atoms with Crippen molar-refractivity contribution in [3.63, 3.8) is 0 Å². The summed E-state index contributed by atoms with van der Waals surface area (Å²) in [5, 5.41) is 7.27. The lowest BCUT2D eigenvalue weighted by molar-refractivity contribution is 0.670. The Kier molecular flexibility index (Phi) is 7.24. The van der Waals surface area contributed by atoms with E-state index in [0.29, 0.717) is 17.5 Å². The second-order valence-corrected chi connectivity index (χ2v) is 16.4. The van der Waals surface area contributed by atoms with Gasteiger partial charge in [0.15, 0.2) is 17.5 Å². The molecule has 4 heterocycles. The van der Waals surface area contributed by atoms with Crippen molar-refractivity contribution in [2.24, 2.45) is 0 Å². The summed E-state index contributed by atoms with van der Waals surface area (Å²) in [5.41, 5.74) is 9.48. The van der Waals surface area contributed by atoms with Gasteiger partial charge in [0.25, 0.3) is 0 Å². The SMILES string of the molecule is c1ccc(-c2nc(-c3ccccc3)nc(-c3ccc4c(c3)sc3c(-c5ccc(-c6cccc7c6oc6ccccc67)c6c5sc5ccccc56)cccc34)n2)cc1. The second kappa shape index (κ2) is 12.8. The molecule has 266 valence electrons. The fourth-order valence-electron chi connectivity index (χ4n) is 8.31. The Morgan fingerprint density at radius 1 is 0.351 bits per heavy atom. The van der Waals surface area contributed by atoms with Gasteiger partial charge in [-0.2, -0.15) is 0 Å². The van der Waals surface area contributed by atoms with E-state index in [0.717, 1.165) is 44.2 Å². The number of fused-ring (bicyclic) bond motifs is 9. The number of rotatable bonds is 5. The number of furan rings is 1. The molecule has 0 aliphatic carbocycles. The predicted octanol–water partition coefficient (Wildman–Crippen LogP) is 14.8. The van der Waals surface area contributed by atoms with Crippen molar-refractivity contribution >= 4 is 85.0 Å². The zero-order chi connectivity index (χ0) is 37.5. The molecule has 0 aliphatic rings. The van der Waals surface area contributed by atoms with Crippen LogP contribution in [0.5, 0.6) is 0 Å². The molecule has 0 spiro atoms. The Morgan fingerprint density at radius 3 is 1.70 bits per heavy atom. The highest BCUT2D eigenvalue weighted by atomic mass is 32.1. The molecule has 0 amide bonds. The van der Waals surface area contributed by atoms with Crippen LogP contribution >= 0.6 is 22.7 Å². The number of nitrogens with zero attached hydrogens (tertiary/aromatic N) is 3. The number of hydrogen-bond donors (Lipinski definition) is 0. The van der Waals surface area contributed by atoms with Gasteiger partial charge in [0.1, 0.15) is 11.2 Å². The lowest BCUT2D eigenvalue weighted by atomic mass is 9.93. The maximum Gasteiger partial charge on any atom is 0.164 e. The van der Waals surface area contributed by atoms with E-state index in [1.165, 1.54) is 57.0 Å². The van der Waals surface area contributed by atoms with Crippen LogP contribution in [-0.4, -0.2) is 15.0 Å². The summed E-state index contributed by atoms with van der Waals surface area (Å²) in [6.45, 7) is 0. The minimum absolute atomic E-state index is 0.657. The Balaban J connectivity index is 1.04. The number of thiophene rings is 2. The molecule has 57 heavy (non-hydrogen) atoms.